The number of hydrogen-bond acceptors (Lipinski definition) is 3. The number of methoxy groups -OCH3 is 1. The van der Waals surface area contributed by atoms with Gasteiger partial charge < -0.3 is 10.1 Å². The highest BCUT2D eigenvalue weighted by Crippen LogP contribution is 2.13. The monoisotopic (exact) mass is 222 g/mol. The van der Waals surface area contributed by atoms with Gasteiger partial charge in [0.25, 0.3) is 0 Å². The van der Waals surface area contributed by atoms with Gasteiger partial charge in [0.05, 0.1) is 7.11 Å². The van der Waals surface area contributed by atoms with E-state index in [1.54, 1.807) is 13.3 Å². The summed E-state index contributed by atoms with van der Waals surface area (Å²) in [7, 11) is 1.63. The van der Waals surface area contributed by atoms with Crippen molar-refractivity contribution < 1.29 is 4.74 Å². The van der Waals surface area contributed by atoms with E-state index in [1.165, 1.54) is 19.3 Å². The molecule has 0 saturated heterocycles. The van der Waals surface area contributed by atoms with Crippen molar-refractivity contribution in [2.45, 2.75) is 33.1 Å². The molecule has 0 aliphatic rings. The van der Waals surface area contributed by atoms with Crippen LogP contribution in [0.5, 0.6) is 5.88 Å². The van der Waals surface area contributed by atoms with Crippen LogP contribution >= 0.6 is 0 Å². The summed E-state index contributed by atoms with van der Waals surface area (Å²) in [5, 5.41) is 3.37. The molecule has 0 aliphatic heterocycles. The second-order valence-corrected chi connectivity index (χ2v) is 4.40. The zero-order valence-corrected chi connectivity index (χ0v) is 10.5. The Hall–Kier alpha value is -1.25. The van der Waals surface area contributed by atoms with Crippen LogP contribution in [0.25, 0.3) is 0 Å². The molecule has 1 rings (SSSR count). The van der Waals surface area contributed by atoms with Crippen LogP contribution in [0.2, 0.25) is 0 Å². The Morgan fingerprint density at radius 1 is 1.38 bits per heavy atom. The number of aromatic nitrogens is 1. The average Bonchev–Trinajstić information content (AvgIpc) is 2.28. The summed E-state index contributed by atoms with van der Waals surface area (Å²) in [6.45, 7) is 5.54. The third-order valence-corrected chi connectivity index (χ3v) is 2.48. The van der Waals surface area contributed by atoms with Gasteiger partial charge in [-0.25, -0.2) is 4.98 Å². The lowest BCUT2D eigenvalue weighted by molar-refractivity contribution is 0.398. The first-order valence-corrected chi connectivity index (χ1v) is 5.96. The lowest BCUT2D eigenvalue weighted by Gasteiger charge is -2.08. The highest BCUT2D eigenvalue weighted by molar-refractivity contribution is 5.44. The van der Waals surface area contributed by atoms with Gasteiger partial charge in [-0.05, 0) is 18.4 Å². The third-order valence-electron chi connectivity index (χ3n) is 2.48. The molecular weight excluding hydrogens is 200 g/mol. The van der Waals surface area contributed by atoms with E-state index in [-0.39, 0.29) is 0 Å². The molecule has 0 aromatic carbocycles. The minimum Gasteiger partial charge on any atom is -0.481 e. The lowest BCUT2D eigenvalue weighted by Crippen LogP contribution is -2.02. The number of ether oxygens (including phenoxy) is 1. The summed E-state index contributed by atoms with van der Waals surface area (Å²) in [5.74, 6) is 1.47. The molecule has 1 aromatic rings. The van der Waals surface area contributed by atoms with Crippen molar-refractivity contribution in [3.8, 4) is 5.88 Å². The van der Waals surface area contributed by atoms with Gasteiger partial charge in [0, 0.05) is 24.5 Å². The zero-order valence-electron chi connectivity index (χ0n) is 10.5. The molecular formula is C13H22N2O. The maximum absolute atomic E-state index is 5.06. The van der Waals surface area contributed by atoms with E-state index in [2.05, 4.69) is 24.1 Å². The van der Waals surface area contributed by atoms with E-state index in [0.29, 0.717) is 5.88 Å². The van der Waals surface area contributed by atoms with Gasteiger partial charge in [-0.2, -0.15) is 0 Å². The molecule has 0 saturated carbocycles. The van der Waals surface area contributed by atoms with Crippen LogP contribution < -0.4 is 10.1 Å². The molecule has 0 spiro atoms. The summed E-state index contributed by atoms with van der Waals surface area (Å²) in [5.41, 5.74) is 1.08. The minimum absolute atomic E-state index is 0.659. The lowest BCUT2D eigenvalue weighted by atomic mass is 10.1. The number of hydrogen-bond donors (Lipinski definition) is 1. The number of nitrogens with zero attached hydrogens (tertiary/aromatic N) is 1. The first kappa shape index (κ1) is 12.8. The van der Waals surface area contributed by atoms with Crippen LogP contribution in [-0.4, -0.2) is 18.6 Å². The van der Waals surface area contributed by atoms with E-state index < -0.39 is 0 Å². The summed E-state index contributed by atoms with van der Waals surface area (Å²) >= 11 is 0. The van der Waals surface area contributed by atoms with Gasteiger partial charge in [0.15, 0.2) is 0 Å². The number of rotatable bonds is 7. The van der Waals surface area contributed by atoms with Crippen molar-refractivity contribution in [1.29, 1.82) is 0 Å². The van der Waals surface area contributed by atoms with Gasteiger partial charge in [-0.1, -0.05) is 26.7 Å². The maximum Gasteiger partial charge on any atom is 0.214 e. The Balaban J connectivity index is 2.21. The smallest absolute Gasteiger partial charge is 0.214 e. The predicted octanol–water partition coefficient (Wildman–Crippen LogP) is 3.33. The molecule has 16 heavy (non-hydrogen) atoms. The van der Waals surface area contributed by atoms with Crippen LogP contribution in [0.15, 0.2) is 18.3 Å². The van der Waals surface area contributed by atoms with Gasteiger partial charge in [-0.15, -0.1) is 0 Å². The van der Waals surface area contributed by atoms with Crippen LogP contribution in [0.1, 0.15) is 33.1 Å². The van der Waals surface area contributed by atoms with Gasteiger partial charge in [0.1, 0.15) is 0 Å². The summed E-state index contributed by atoms with van der Waals surface area (Å²) in [6.07, 6.45) is 5.56. The Morgan fingerprint density at radius 3 is 2.88 bits per heavy atom. The van der Waals surface area contributed by atoms with Gasteiger partial charge in [0.2, 0.25) is 5.88 Å². The van der Waals surface area contributed by atoms with Gasteiger partial charge >= 0.3 is 0 Å². The Labute approximate surface area is 98.2 Å². The predicted molar refractivity (Wildman–Crippen MR) is 68.0 cm³/mol. The van der Waals surface area contributed by atoms with Crippen LogP contribution in [-0.2, 0) is 0 Å². The molecule has 0 atom stereocenters. The van der Waals surface area contributed by atoms with Crippen molar-refractivity contribution in [3.05, 3.63) is 18.3 Å². The van der Waals surface area contributed by atoms with E-state index in [0.717, 1.165) is 18.2 Å². The van der Waals surface area contributed by atoms with Crippen molar-refractivity contribution in [1.82, 2.24) is 4.98 Å². The molecule has 0 aliphatic carbocycles. The fourth-order valence-electron chi connectivity index (χ4n) is 1.54. The molecule has 90 valence electrons. The molecule has 0 amide bonds. The largest absolute Gasteiger partial charge is 0.481 e. The molecule has 1 heterocycles. The summed E-state index contributed by atoms with van der Waals surface area (Å²) in [4.78, 5) is 4.06. The number of pyridine rings is 1. The summed E-state index contributed by atoms with van der Waals surface area (Å²) < 4.78 is 5.06. The third kappa shape index (κ3) is 5.01. The quantitative estimate of drug-likeness (QED) is 0.718. The molecule has 3 heteroatoms. The van der Waals surface area contributed by atoms with Crippen molar-refractivity contribution in [2.24, 2.45) is 5.92 Å². The first-order chi connectivity index (χ1) is 7.72. The number of unbranched alkanes of at least 4 members (excludes halogenated alkanes) is 1. The molecule has 3 nitrogen and oxygen atoms in total. The highest BCUT2D eigenvalue weighted by Gasteiger charge is 1.97. The van der Waals surface area contributed by atoms with Crippen LogP contribution in [0, 0.1) is 5.92 Å². The molecule has 0 bridgehead atoms. The maximum atomic E-state index is 5.06. The second-order valence-electron chi connectivity index (χ2n) is 4.40. The van der Waals surface area contributed by atoms with Gasteiger partial charge in [-0.3, -0.25) is 0 Å². The topological polar surface area (TPSA) is 34.1 Å². The fourth-order valence-corrected chi connectivity index (χ4v) is 1.54. The minimum atomic E-state index is 0.659. The molecule has 1 aromatic heterocycles. The standard InChI is InChI=1S/C13H22N2O/c1-11(2)6-4-5-8-14-12-7-9-15-13(10-12)16-3/h7,9-11H,4-6,8H2,1-3H3,(H,14,15). The average molecular weight is 222 g/mol. The Morgan fingerprint density at radius 2 is 2.19 bits per heavy atom. The highest BCUT2D eigenvalue weighted by atomic mass is 16.5. The normalized spacial score (nSPS) is 10.5. The van der Waals surface area contributed by atoms with E-state index in [4.69, 9.17) is 4.74 Å². The van der Waals surface area contributed by atoms with Crippen LogP contribution in [0.4, 0.5) is 5.69 Å². The molecule has 0 unspecified atom stereocenters. The SMILES string of the molecule is COc1cc(NCCCCC(C)C)ccn1. The first-order valence-electron chi connectivity index (χ1n) is 5.96. The van der Waals surface area contributed by atoms with E-state index in [1.807, 2.05) is 12.1 Å². The zero-order chi connectivity index (χ0) is 11.8. The second kappa shape index (κ2) is 7.09. The van der Waals surface area contributed by atoms with Crippen molar-refractivity contribution >= 4 is 5.69 Å². The van der Waals surface area contributed by atoms with E-state index >= 15 is 0 Å². The molecule has 0 radical (unpaired) electrons. The van der Waals surface area contributed by atoms with Crippen molar-refractivity contribution in [3.63, 3.8) is 0 Å². The summed E-state index contributed by atoms with van der Waals surface area (Å²) in [6, 6.07) is 3.88. The number of anilines is 1. The molecule has 1 N–H and O–H groups in total. The fraction of sp³-hybridized carbons (Fsp3) is 0.615. The Kier molecular flexibility index (Phi) is 5.68. The van der Waals surface area contributed by atoms with E-state index in [9.17, 15) is 0 Å². The van der Waals surface area contributed by atoms with Crippen molar-refractivity contribution in [2.75, 3.05) is 19.0 Å². The number of nitrogens with one attached hydrogen (secondary N) is 1. The molecule has 0 fully saturated rings. The Bertz CT molecular complexity index is 300. The van der Waals surface area contributed by atoms with Crippen LogP contribution in [0.3, 0.4) is 0 Å².